The van der Waals surface area contributed by atoms with E-state index in [1.54, 1.807) is 12.1 Å². The fourth-order valence-electron chi connectivity index (χ4n) is 2.26. The number of hydrogen-bond acceptors (Lipinski definition) is 5. The summed E-state index contributed by atoms with van der Waals surface area (Å²) >= 11 is 0. The zero-order valence-electron chi connectivity index (χ0n) is 10.4. The number of fused-ring (bicyclic) bond motifs is 2. The lowest BCUT2D eigenvalue weighted by atomic mass is 9.87. The van der Waals surface area contributed by atoms with Gasteiger partial charge in [-0.2, -0.15) is 0 Å². The van der Waals surface area contributed by atoms with Crippen LogP contribution in [0.25, 0.3) is 0 Å². The first kappa shape index (κ1) is 11.5. The van der Waals surface area contributed by atoms with E-state index in [2.05, 4.69) is 0 Å². The summed E-state index contributed by atoms with van der Waals surface area (Å²) in [6.45, 7) is 0. The Morgan fingerprint density at radius 3 is 2.42 bits per heavy atom. The molecule has 0 spiro atoms. The van der Waals surface area contributed by atoms with Crippen LogP contribution in [-0.4, -0.2) is 25.8 Å². The van der Waals surface area contributed by atoms with Crippen LogP contribution in [0.4, 0.5) is 0 Å². The monoisotopic (exact) mass is 258 g/mol. The Labute approximate surface area is 108 Å². The van der Waals surface area contributed by atoms with Crippen molar-refractivity contribution in [2.75, 3.05) is 14.2 Å². The maximum absolute atomic E-state index is 12.4. The van der Waals surface area contributed by atoms with Crippen LogP contribution in [0, 0.1) is 0 Å². The van der Waals surface area contributed by atoms with Gasteiger partial charge in [0.1, 0.15) is 0 Å². The summed E-state index contributed by atoms with van der Waals surface area (Å²) in [6.07, 6.45) is 1.33. The molecule has 0 radical (unpaired) electrons. The Hall–Kier alpha value is -2.56. The summed E-state index contributed by atoms with van der Waals surface area (Å²) in [4.78, 5) is 24.7. The van der Waals surface area contributed by atoms with E-state index in [1.165, 1.54) is 26.5 Å². The van der Waals surface area contributed by atoms with Crippen molar-refractivity contribution < 1.29 is 23.5 Å². The average molecular weight is 258 g/mol. The van der Waals surface area contributed by atoms with E-state index in [0.717, 1.165) is 0 Å². The lowest BCUT2D eigenvalue weighted by Crippen LogP contribution is -2.20. The highest BCUT2D eigenvalue weighted by Gasteiger charge is 2.36. The SMILES string of the molecule is COc1ccc2c(c1OC)C(=O)c1occc1C2=O. The molecule has 5 nitrogen and oxygen atoms in total. The molecule has 0 saturated heterocycles. The summed E-state index contributed by atoms with van der Waals surface area (Å²) in [5, 5.41) is 0. The molecule has 1 aliphatic rings. The van der Waals surface area contributed by atoms with Crippen molar-refractivity contribution in [2.45, 2.75) is 0 Å². The molecule has 0 unspecified atom stereocenters. The van der Waals surface area contributed by atoms with E-state index in [4.69, 9.17) is 13.9 Å². The van der Waals surface area contributed by atoms with Crippen LogP contribution in [0.3, 0.4) is 0 Å². The number of hydrogen-bond donors (Lipinski definition) is 0. The molecule has 5 heteroatoms. The highest BCUT2D eigenvalue weighted by molar-refractivity contribution is 6.28. The normalized spacial score (nSPS) is 12.9. The van der Waals surface area contributed by atoms with Gasteiger partial charge in [-0.05, 0) is 18.2 Å². The first-order chi connectivity index (χ1) is 9.19. The number of ether oxygens (including phenoxy) is 2. The lowest BCUT2D eigenvalue weighted by Gasteiger charge is -2.18. The minimum atomic E-state index is -0.370. The smallest absolute Gasteiger partial charge is 0.233 e. The molecule has 0 fully saturated rings. The van der Waals surface area contributed by atoms with Gasteiger partial charge >= 0.3 is 0 Å². The Bertz CT molecular complexity index is 696. The molecule has 0 atom stereocenters. The standard InChI is InChI=1S/C14H10O5/c1-17-9-4-3-7-10(14(9)18-2)12(16)13-8(11(7)15)5-6-19-13/h3-6H,1-2H3. The molecule has 1 aromatic carbocycles. The highest BCUT2D eigenvalue weighted by Crippen LogP contribution is 2.39. The topological polar surface area (TPSA) is 65.7 Å². The molecule has 1 aliphatic carbocycles. The van der Waals surface area contributed by atoms with E-state index in [9.17, 15) is 9.59 Å². The molecule has 2 aromatic rings. The minimum absolute atomic E-state index is 0.0454. The van der Waals surface area contributed by atoms with Crippen molar-refractivity contribution in [1.82, 2.24) is 0 Å². The molecule has 19 heavy (non-hydrogen) atoms. The van der Waals surface area contributed by atoms with Crippen molar-refractivity contribution in [3.63, 3.8) is 0 Å². The number of rotatable bonds is 2. The molecule has 96 valence electrons. The van der Waals surface area contributed by atoms with E-state index in [0.29, 0.717) is 11.3 Å². The molecular formula is C14H10O5. The number of benzene rings is 1. The zero-order valence-corrected chi connectivity index (χ0v) is 10.4. The first-order valence-electron chi connectivity index (χ1n) is 5.61. The second kappa shape index (κ2) is 3.98. The molecule has 1 aromatic heterocycles. The Kier molecular flexibility index (Phi) is 2.41. The summed E-state index contributed by atoms with van der Waals surface area (Å²) in [5.41, 5.74) is 0.774. The average Bonchev–Trinajstić information content (AvgIpc) is 2.92. The number of ketones is 2. The van der Waals surface area contributed by atoms with Gasteiger partial charge in [-0.15, -0.1) is 0 Å². The largest absolute Gasteiger partial charge is 0.493 e. The van der Waals surface area contributed by atoms with Crippen molar-refractivity contribution in [3.05, 3.63) is 46.9 Å². The van der Waals surface area contributed by atoms with Crippen molar-refractivity contribution in [1.29, 1.82) is 0 Å². The van der Waals surface area contributed by atoms with Crippen molar-refractivity contribution in [2.24, 2.45) is 0 Å². The molecule has 1 heterocycles. The van der Waals surface area contributed by atoms with Crippen molar-refractivity contribution >= 4 is 11.6 Å². The quantitative estimate of drug-likeness (QED) is 0.704. The number of furan rings is 1. The third-order valence-electron chi connectivity index (χ3n) is 3.13. The fourth-order valence-corrected chi connectivity index (χ4v) is 2.26. The van der Waals surface area contributed by atoms with E-state index in [1.807, 2.05) is 0 Å². The second-order valence-electron chi connectivity index (χ2n) is 4.05. The molecule has 0 N–H and O–H groups in total. The van der Waals surface area contributed by atoms with Gasteiger partial charge in [-0.1, -0.05) is 0 Å². The van der Waals surface area contributed by atoms with E-state index < -0.39 is 0 Å². The van der Waals surface area contributed by atoms with Crippen LogP contribution in [0.5, 0.6) is 11.5 Å². The van der Waals surface area contributed by atoms with Gasteiger partial charge in [0.05, 0.1) is 31.6 Å². The van der Waals surface area contributed by atoms with Crippen LogP contribution in [0.2, 0.25) is 0 Å². The van der Waals surface area contributed by atoms with Gasteiger partial charge in [-0.25, -0.2) is 0 Å². The van der Waals surface area contributed by atoms with Gasteiger partial charge in [0.2, 0.25) is 5.78 Å². The zero-order chi connectivity index (χ0) is 13.6. The molecular weight excluding hydrogens is 248 g/mol. The van der Waals surface area contributed by atoms with Gasteiger partial charge in [0.15, 0.2) is 23.0 Å². The molecule has 0 amide bonds. The number of methoxy groups -OCH3 is 2. The minimum Gasteiger partial charge on any atom is -0.493 e. The van der Waals surface area contributed by atoms with Crippen LogP contribution in [0.15, 0.2) is 28.9 Å². The molecule has 0 saturated carbocycles. The third kappa shape index (κ3) is 1.41. The molecule has 3 rings (SSSR count). The maximum atomic E-state index is 12.4. The van der Waals surface area contributed by atoms with Crippen LogP contribution < -0.4 is 9.47 Å². The predicted octanol–water partition coefficient (Wildman–Crippen LogP) is 2.07. The van der Waals surface area contributed by atoms with Crippen LogP contribution >= 0.6 is 0 Å². The second-order valence-corrected chi connectivity index (χ2v) is 4.05. The number of carbonyl (C=O) groups is 2. The number of carbonyl (C=O) groups excluding carboxylic acids is 2. The third-order valence-corrected chi connectivity index (χ3v) is 3.13. The highest BCUT2D eigenvalue weighted by atomic mass is 16.5. The molecule has 0 aliphatic heterocycles. The van der Waals surface area contributed by atoms with Gasteiger partial charge in [-0.3, -0.25) is 9.59 Å². The van der Waals surface area contributed by atoms with Gasteiger partial charge in [0.25, 0.3) is 0 Å². The van der Waals surface area contributed by atoms with E-state index >= 15 is 0 Å². The Balaban J connectivity index is 2.33. The van der Waals surface area contributed by atoms with Gasteiger partial charge in [0, 0.05) is 5.56 Å². The lowest BCUT2D eigenvalue weighted by molar-refractivity contribution is 0.0957. The van der Waals surface area contributed by atoms with Crippen molar-refractivity contribution in [3.8, 4) is 11.5 Å². The van der Waals surface area contributed by atoms with Gasteiger partial charge < -0.3 is 13.9 Å². The summed E-state index contributed by atoms with van der Waals surface area (Å²) < 4.78 is 15.4. The Morgan fingerprint density at radius 1 is 0.947 bits per heavy atom. The molecule has 0 bridgehead atoms. The van der Waals surface area contributed by atoms with Crippen LogP contribution in [0.1, 0.15) is 32.0 Å². The van der Waals surface area contributed by atoms with Crippen LogP contribution in [-0.2, 0) is 0 Å². The van der Waals surface area contributed by atoms with E-state index in [-0.39, 0.29) is 34.2 Å². The summed E-state index contributed by atoms with van der Waals surface area (Å²) in [6, 6.07) is 4.66. The summed E-state index contributed by atoms with van der Waals surface area (Å²) in [7, 11) is 2.89. The maximum Gasteiger partial charge on any atom is 0.233 e. The summed E-state index contributed by atoms with van der Waals surface area (Å²) in [5.74, 6) is 0.0755. The fraction of sp³-hybridized carbons (Fsp3) is 0.143. The Morgan fingerprint density at radius 2 is 1.74 bits per heavy atom. The first-order valence-corrected chi connectivity index (χ1v) is 5.61. The predicted molar refractivity (Wildman–Crippen MR) is 65.1 cm³/mol.